The number of carbonyl (C=O) groups is 1. The Balaban J connectivity index is 1.21. The Morgan fingerprint density at radius 2 is 1.80 bits per heavy atom. The van der Waals surface area contributed by atoms with Crippen LogP contribution in [-0.2, 0) is 13.1 Å². The lowest BCUT2D eigenvalue weighted by atomic mass is 10.0. The fraction of sp³-hybridized carbons (Fsp3) is 0.385. The second-order valence-corrected chi connectivity index (χ2v) is 9.36. The van der Waals surface area contributed by atoms with Crippen molar-refractivity contribution in [3.63, 3.8) is 0 Å². The fourth-order valence-corrected chi connectivity index (χ4v) is 5.18. The molecule has 1 amide bonds. The number of likely N-dealkylation sites (tertiary alicyclic amines) is 1. The molecule has 1 N–H and O–H groups in total. The molecule has 1 fully saturated rings. The van der Waals surface area contributed by atoms with Crippen molar-refractivity contribution in [2.45, 2.75) is 32.0 Å². The van der Waals surface area contributed by atoms with Gasteiger partial charge in [-0.2, -0.15) is 0 Å². The van der Waals surface area contributed by atoms with Gasteiger partial charge in [-0.05, 0) is 48.7 Å². The molecular formula is C26H28ClN3O5. The summed E-state index contributed by atoms with van der Waals surface area (Å²) in [4.78, 5) is 28.4. The van der Waals surface area contributed by atoms with Crippen molar-refractivity contribution in [2.24, 2.45) is 0 Å². The zero-order valence-electron chi connectivity index (χ0n) is 19.4. The lowest BCUT2D eigenvalue weighted by Gasteiger charge is -2.37. The summed E-state index contributed by atoms with van der Waals surface area (Å²) in [6, 6.07) is 14.5. The SMILES string of the molecule is O=C(O)N(Cc1ccc2c(c1)OCCO2)C1CCN(CCn2c(=O)ccc3c(Cl)cccc32)CC1. The molecule has 2 aliphatic heterocycles. The number of carboxylic acid groups (broad SMARTS) is 1. The Bertz CT molecular complexity index is 1290. The van der Waals surface area contributed by atoms with Crippen molar-refractivity contribution < 1.29 is 19.4 Å². The van der Waals surface area contributed by atoms with Gasteiger partial charge in [-0.15, -0.1) is 0 Å². The number of halogens is 1. The third-order valence-electron chi connectivity index (χ3n) is 6.82. The Morgan fingerprint density at radius 1 is 1.03 bits per heavy atom. The van der Waals surface area contributed by atoms with E-state index >= 15 is 0 Å². The van der Waals surface area contributed by atoms with Crippen LogP contribution in [0, 0.1) is 0 Å². The van der Waals surface area contributed by atoms with Gasteiger partial charge in [-0.1, -0.05) is 23.7 Å². The number of hydrogen-bond acceptors (Lipinski definition) is 5. The van der Waals surface area contributed by atoms with Crippen molar-refractivity contribution in [3.05, 3.63) is 69.5 Å². The van der Waals surface area contributed by atoms with Crippen LogP contribution in [0.25, 0.3) is 10.9 Å². The largest absolute Gasteiger partial charge is 0.486 e. The summed E-state index contributed by atoms with van der Waals surface area (Å²) < 4.78 is 13.0. The fourth-order valence-electron chi connectivity index (χ4n) is 4.95. The van der Waals surface area contributed by atoms with E-state index in [1.165, 1.54) is 4.90 Å². The third-order valence-corrected chi connectivity index (χ3v) is 7.15. The lowest BCUT2D eigenvalue weighted by molar-refractivity contribution is 0.0856. The minimum atomic E-state index is -0.919. The number of rotatable bonds is 6. The van der Waals surface area contributed by atoms with Crippen LogP contribution >= 0.6 is 11.6 Å². The van der Waals surface area contributed by atoms with Gasteiger partial charge in [0.05, 0.1) is 5.52 Å². The summed E-state index contributed by atoms with van der Waals surface area (Å²) in [5.41, 5.74) is 1.66. The molecule has 1 aromatic heterocycles. The molecule has 184 valence electrons. The molecule has 0 aliphatic carbocycles. The number of ether oxygens (including phenoxy) is 2. The molecule has 0 bridgehead atoms. The molecule has 0 unspecified atom stereocenters. The van der Waals surface area contributed by atoms with E-state index in [0.717, 1.165) is 42.4 Å². The van der Waals surface area contributed by atoms with Gasteiger partial charge in [0.1, 0.15) is 13.2 Å². The second kappa shape index (κ2) is 10.2. The zero-order valence-corrected chi connectivity index (χ0v) is 20.1. The summed E-state index contributed by atoms with van der Waals surface area (Å²) in [5, 5.41) is 11.4. The molecule has 3 heterocycles. The number of piperidine rings is 1. The van der Waals surface area contributed by atoms with Gasteiger partial charge in [0.15, 0.2) is 11.5 Å². The number of benzene rings is 2. The molecule has 3 aromatic rings. The Labute approximate surface area is 208 Å². The number of fused-ring (bicyclic) bond motifs is 2. The summed E-state index contributed by atoms with van der Waals surface area (Å²) in [5.74, 6) is 1.36. The van der Waals surface area contributed by atoms with Gasteiger partial charge in [0, 0.05) is 55.2 Å². The molecule has 1 saturated heterocycles. The van der Waals surface area contributed by atoms with Crippen molar-refractivity contribution in [3.8, 4) is 11.5 Å². The van der Waals surface area contributed by atoms with E-state index in [-0.39, 0.29) is 11.6 Å². The first-order valence-corrected chi connectivity index (χ1v) is 12.3. The minimum absolute atomic E-state index is 0.0499. The highest BCUT2D eigenvalue weighted by Gasteiger charge is 2.28. The molecule has 0 radical (unpaired) electrons. The van der Waals surface area contributed by atoms with Crippen LogP contribution in [0.5, 0.6) is 11.5 Å². The molecule has 9 heteroatoms. The second-order valence-electron chi connectivity index (χ2n) is 8.96. The smallest absolute Gasteiger partial charge is 0.407 e. The van der Waals surface area contributed by atoms with Crippen molar-refractivity contribution in [1.82, 2.24) is 14.4 Å². The highest BCUT2D eigenvalue weighted by Crippen LogP contribution is 2.32. The summed E-state index contributed by atoms with van der Waals surface area (Å²) in [6.45, 7) is 4.15. The van der Waals surface area contributed by atoms with E-state index in [0.29, 0.717) is 49.4 Å². The van der Waals surface area contributed by atoms with E-state index in [1.807, 2.05) is 36.4 Å². The Morgan fingerprint density at radius 3 is 2.57 bits per heavy atom. The standard InChI is InChI=1S/C26H28ClN3O5/c27-21-2-1-3-22-20(21)5-7-25(31)29(22)13-12-28-10-8-19(9-11-28)30(26(32)33)17-18-4-6-23-24(16-18)35-15-14-34-23/h1-7,16,19H,8-15,17H2,(H,32,33). The molecule has 8 nitrogen and oxygen atoms in total. The van der Waals surface area contributed by atoms with Crippen molar-refractivity contribution in [2.75, 3.05) is 32.8 Å². The van der Waals surface area contributed by atoms with Crippen LogP contribution in [0.4, 0.5) is 4.79 Å². The number of pyridine rings is 1. The van der Waals surface area contributed by atoms with E-state index in [2.05, 4.69) is 4.90 Å². The summed E-state index contributed by atoms with van der Waals surface area (Å²) in [6.07, 6.45) is 0.567. The van der Waals surface area contributed by atoms with Gasteiger partial charge in [0.2, 0.25) is 0 Å². The number of amides is 1. The van der Waals surface area contributed by atoms with Gasteiger partial charge >= 0.3 is 6.09 Å². The summed E-state index contributed by atoms with van der Waals surface area (Å²) >= 11 is 6.30. The summed E-state index contributed by atoms with van der Waals surface area (Å²) in [7, 11) is 0. The predicted molar refractivity (Wildman–Crippen MR) is 134 cm³/mol. The first-order chi connectivity index (χ1) is 17.0. The molecule has 0 spiro atoms. The molecule has 5 rings (SSSR count). The normalized spacial score (nSPS) is 16.4. The highest BCUT2D eigenvalue weighted by atomic mass is 35.5. The molecule has 35 heavy (non-hydrogen) atoms. The predicted octanol–water partition coefficient (Wildman–Crippen LogP) is 4.07. The van der Waals surface area contributed by atoms with Gasteiger partial charge in [-0.3, -0.25) is 4.79 Å². The zero-order chi connectivity index (χ0) is 24.4. The quantitative estimate of drug-likeness (QED) is 0.552. The first kappa shape index (κ1) is 23.5. The number of aromatic nitrogens is 1. The van der Waals surface area contributed by atoms with E-state index in [4.69, 9.17) is 21.1 Å². The lowest BCUT2D eigenvalue weighted by Crippen LogP contribution is -2.47. The maximum atomic E-state index is 12.5. The maximum Gasteiger partial charge on any atom is 0.407 e. The third kappa shape index (κ3) is 5.09. The molecule has 2 aromatic carbocycles. The van der Waals surface area contributed by atoms with E-state index in [1.54, 1.807) is 16.7 Å². The van der Waals surface area contributed by atoms with Gasteiger partial charge in [0.25, 0.3) is 5.56 Å². The average Bonchev–Trinajstić information content (AvgIpc) is 2.87. The van der Waals surface area contributed by atoms with Crippen molar-refractivity contribution >= 4 is 28.6 Å². The van der Waals surface area contributed by atoms with Gasteiger partial charge in [-0.25, -0.2) is 4.79 Å². The molecule has 2 aliphatic rings. The van der Waals surface area contributed by atoms with Crippen molar-refractivity contribution in [1.29, 1.82) is 0 Å². The topological polar surface area (TPSA) is 84.2 Å². The van der Waals surface area contributed by atoms with Crippen LogP contribution in [-0.4, -0.2) is 64.5 Å². The first-order valence-electron chi connectivity index (χ1n) is 11.9. The average molecular weight is 498 g/mol. The number of hydrogen-bond donors (Lipinski definition) is 1. The van der Waals surface area contributed by atoms with Crippen LogP contribution in [0.15, 0.2) is 53.3 Å². The van der Waals surface area contributed by atoms with Crippen LogP contribution in [0.2, 0.25) is 5.02 Å². The monoisotopic (exact) mass is 497 g/mol. The van der Waals surface area contributed by atoms with E-state index < -0.39 is 6.09 Å². The maximum absolute atomic E-state index is 12.5. The highest BCUT2D eigenvalue weighted by molar-refractivity contribution is 6.35. The minimum Gasteiger partial charge on any atom is -0.486 e. The van der Waals surface area contributed by atoms with Crippen LogP contribution in [0.3, 0.4) is 0 Å². The Hall–Kier alpha value is -3.23. The van der Waals surface area contributed by atoms with Gasteiger partial charge < -0.3 is 28.9 Å². The van der Waals surface area contributed by atoms with E-state index in [9.17, 15) is 14.7 Å². The number of nitrogens with zero attached hydrogens (tertiary/aromatic N) is 3. The molecular weight excluding hydrogens is 470 g/mol. The molecule has 0 atom stereocenters. The molecule has 0 saturated carbocycles. The Kier molecular flexibility index (Phi) is 6.83. The van der Waals surface area contributed by atoms with Crippen LogP contribution < -0.4 is 15.0 Å². The van der Waals surface area contributed by atoms with Crippen LogP contribution in [0.1, 0.15) is 18.4 Å².